The van der Waals surface area contributed by atoms with E-state index >= 15 is 0 Å². The first-order chi connectivity index (χ1) is 44.2. The summed E-state index contributed by atoms with van der Waals surface area (Å²) in [5.74, 6) is -2.73. The van der Waals surface area contributed by atoms with Crippen LogP contribution in [0.15, 0.2) is 41.3 Å². The highest BCUT2D eigenvalue weighted by molar-refractivity contribution is 9.10. The van der Waals surface area contributed by atoms with Gasteiger partial charge in [0.1, 0.15) is 59.6 Å². The largest absolute Gasteiger partial charge is 0.481 e. The summed E-state index contributed by atoms with van der Waals surface area (Å²) >= 11 is 3.37. The Hall–Kier alpha value is -6.93. The number of fused-ring (bicyclic) bond motifs is 2. The number of anilines is 1. The molecular formula is C67H94BrN9O15. The monoisotopic (exact) mass is 1340 g/mol. The molecule has 92 heavy (non-hydrogen) atoms. The average molecular weight is 1350 g/mol. The van der Waals surface area contributed by atoms with Crippen molar-refractivity contribution in [1.29, 1.82) is 0 Å². The smallest absolute Gasteiger partial charge is 0.326 e. The van der Waals surface area contributed by atoms with Gasteiger partial charge in [0.2, 0.25) is 23.6 Å². The summed E-state index contributed by atoms with van der Waals surface area (Å²) in [6.07, 6.45) is 21.3. The van der Waals surface area contributed by atoms with E-state index in [0.717, 1.165) is 68.1 Å². The first kappa shape index (κ1) is 74.1. The van der Waals surface area contributed by atoms with Crippen molar-refractivity contribution in [2.75, 3.05) is 64.7 Å². The zero-order valence-corrected chi connectivity index (χ0v) is 55.6. The average Bonchev–Trinajstić information content (AvgIpc) is 1.55. The molecule has 3 aromatic heterocycles. The van der Waals surface area contributed by atoms with Gasteiger partial charge in [-0.2, -0.15) is 5.10 Å². The topological polar surface area (TPSA) is 327 Å². The number of aliphatic carboxylic acids is 2. The van der Waals surface area contributed by atoms with E-state index in [1.54, 1.807) is 28.0 Å². The van der Waals surface area contributed by atoms with Crippen LogP contribution in [0.4, 0.5) is 5.82 Å². The molecule has 0 spiro atoms. The Balaban J connectivity index is 0.746. The number of aromatic nitrogens is 5. The van der Waals surface area contributed by atoms with Crippen molar-refractivity contribution in [2.24, 2.45) is 5.41 Å². The van der Waals surface area contributed by atoms with Crippen LogP contribution in [-0.4, -0.2) is 170 Å². The number of aryl methyl sites for hydroxylation is 3. The number of carboxylic acids is 2. The van der Waals surface area contributed by atoms with E-state index in [0.29, 0.717) is 58.4 Å². The van der Waals surface area contributed by atoms with Gasteiger partial charge in [-0.1, -0.05) is 90.0 Å². The third kappa shape index (κ3) is 25.2. The number of carboxylic acid groups (broad SMARTS) is 2. The van der Waals surface area contributed by atoms with Gasteiger partial charge in [-0.05, 0) is 109 Å². The molecule has 0 radical (unpaired) electrons. The predicted molar refractivity (Wildman–Crippen MR) is 347 cm³/mol. The van der Waals surface area contributed by atoms with Crippen LogP contribution in [0.1, 0.15) is 189 Å². The molecule has 5 N–H and O–H groups in total. The number of likely N-dealkylation sites (tertiary alicyclic amines) is 1. The lowest BCUT2D eigenvalue weighted by Crippen LogP contribution is -2.47. The predicted octanol–water partition coefficient (Wildman–Crippen LogP) is 9.20. The van der Waals surface area contributed by atoms with Crippen molar-refractivity contribution in [2.45, 2.75) is 206 Å². The number of carbonyl (C=O) groups excluding carboxylic acids is 7. The molecule has 1 aliphatic carbocycles. The van der Waals surface area contributed by atoms with Crippen molar-refractivity contribution in [3.63, 3.8) is 0 Å². The van der Waals surface area contributed by atoms with Gasteiger partial charge >= 0.3 is 11.9 Å². The van der Waals surface area contributed by atoms with Crippen LogP contribution in [0.5, 0.6) is 0 Å². The van der Waals surface area contributed by atoms with Crippen LogP contribution in [0.25, 0.3) is 22.0 Å². The van der Waals surface area contributed by atoms with Gasteiger partial charge < -0.3 is 50.0 Å². The molecule has 1 aliphatic heterocycles. The number of hydrogen-bond donors (Lipinski definition) is 5. The number of halogens is 1. The van der Waals surface area contributed by atoms with E-state index in [2.05, 4.69) is 58.9 Å². The molecule has 2 fully saturated rings. The van der Waals surface area contributed by atoms with Crippen molar-refractivity contribution in [3.8, 4) is 11.1 Å². The highest BCUT2D eigenvalue weighted by Crippen LogP contribution is 2.59. The van der Waals surface area contributed by atoms with Gasteiger partial charge in [0.25, 0.3) is 0 Å². The molecule has 0 bridgehead atoms. The molecule has 1 saturated heterocycles. The molecule has 1 saturated carbocycles. The molecular weight excluding hydrogens is 1250 g/mol. The summed E-state index contributed by atoms with van der Waals surface area (Å²) < 4.78 is 24.0. The number of ether oxygens (including phenoxy) is 4. The normalized spacial score (nSPS) is 16.1. The molecule has 4 amide bonds. The molecule has 2 aliphatic rings. The van der Waals surface area contributed by atoms with Crippen LogP contribution < -0.4 is 16.0 Å². The second-order valence-corrected chi connectivity index (χ2v) is 25.3. The molecule has 4 atom stereocenters. The van der Waals surface area contributed by atoms with E-state index in [-0.39, 0.29) is 163 Å². The molecule has 24 nitrogen and oxygen atoms in total. The maximum Gasteiger partial charge on any atom is 0.326 e. The molecule has 504 valence electrons. The summed E-state index contributed by atoms with van der Waals surface area (Å²) in [7, 11) is 0. The number of carbonyl (C=O) groups is 9. The van der Waals surface area contributed by atoms with E-state index < -0.39 is 24.0 Å². The molecule has 0 unspecified atom stereocenters. The van der Waals surface area contributed by atoms with Crippen molar-refractivity contribution in [3.05, 3.63) is 63.9 Å². The number of nitrogens with zero attached hydrogens (tertiary/aromatic N) is 6. The summed E-state index contributed by atoms with van der Waals surface area (Å²) in [5, 5.41) is 31.7. The highest BCUT2D eigenvalue weighted by atomic mass is 79.9. The molecule has 1 aromatic carbocycles. The van der Waals surface area contributed by atoms with Crippen molar-refractivity contribution >= 4 is 85.6 Å². The summed E-state index contributed by atoms with van der Waals surface area (Å²) in [4.78, 5) is 128. The third-order valence-electron chi connectivity index (χ3n) is 16.8. The molecule has 4 heterocycles. The van der Waals surface area contributed by atoms with Crippen LogP contribution >= 0.6 is 15.9 Å². The Morgan fingerprint density at radius 3 is 1.93 bits per heavy atom. The van der Waals surface area contributed by atoms with Gasteiger partial charge in [0.15, 0.2) is 11.6 Å². The number of piperidine rings is 1. The molecule has 25 heteroatoms. The second-order valence-electron chi connectivity index (χ2n) is 24.5. The Bertz CT molecular complexity index is 3120. The first-order valence-corrected chi connectivity index (χ1v) is 33.5. The zero-order chi connectivity index (χ0) is 66.4. The number of hydrogen-bond acceptors (Lipinski definition) is 17. The summed E-state index contributed by atoms with van der Waals surface area (Å²) in [5.41, 5.74) is 3.69. The van der Waals surface area contributed by atoms with Crippen LogP contribution in [-0.2, 0) is 70.3 Å². The highest BCUT2D eigenvalue weighted by Gasteiger charge is 2.64. The summed E-state index contributed by atoms with van der Waals surface area (Å²) in [6, 6.07) is 5.52. The Kier molecular flexibility index (Phi) is 31.4. The van der Waals surface area contributed by atoms with E-state index in [4.69, 9.17) is 24.1 Å². The Labute approximate surface area is 547 Å². The number of ketones is 3. The number of benzene rings is 1. The quantitative estimate of drug-likeness (QED) is 0.0156. The number of rotatable bonds is 48. The third-order valence-corrected chi connectivity index (χ3v) is 17.2. The van der Waals surface area contributed by atoms with E-state index in [1.165, 1.54) is 45.4 Å². The maximum absolute atomic E-state index is 14.2. The van der Waals surface area contributed by atoms with Crippen LogP contribution in [0.2, 0.25) is 0 Å². The minimum absolute atomic E-state index is 0.0183. The fraction of sp³-hybridized carbons (Fsp3) is 0.627. The number of pyridine rings is 1. The van der Waals surface area contributed by atoms with Crippen LogP contribution in [0, 0.1) is 19.3 Å². The van der Waals surface area contributed by atoms with E-state index in [9.17, 15) is 48.3 Å². The lowest BCUT2D eigenvalue weighted by Gasteiger charge is -2.27. The fourth-order valence-corrected chi connectivity index (χ4v) is 11.8. The summed E-state index contributed by atoms with van der Waals surface area (Å²) in [6.45, 7) is 8.33. The van der Waals surface area contributed by atoms with Gasteiger partial charge in [-0.3, -0.25) is 43.0 Å². The number of unbranched alkanes of at least 4 members (excludes halogenated alkanes) is 13. The lowest BCUT2D eigenvalue weighted by molar-refractivity contribution is -0.142. The second kappa shape index (κ2) is 38.9. The molecule has 4 aromatic rings. The Morgan fingerprint density at radius 1 is 0.674 bits per heavy atom. The van der Waals surface area contributed by atoms with Crippen molar-refractivity contribution in [1.82, 2.24) is 40.3 Å². The Morgan fingerprint density at radius 2 is 1.29 bits per heavy atom. The number of nitrogens with one attached hydrogen (secondary N) is 3. The van der Waals surface area contributed by atoms with E-state index in [1.807, 2.05) is 32.0 Å². The minimum Gasteiger partial charge on any atom is -0.481 e. The lowest BCUT2D eigenvalue weighted by atomic mass is 10.0. The number of Topliss-reactive ketones (excluding diaryl/α,β-unsaturated/α-hetero) is 3. The van der Waals surface area contributed by atoms with Crippen molar-refractivity contribution < 1.29 is 72.3 Å². The van der Waals surface area contributed by atoms with Crippen LogP contribution in [0.3, 0.4) is 0 Å². The SMILES string of the molecule is CC(=O)c1nn(CC(=O)N2[C@H](C(=O)Nc3nc(Br)ccc3C)C[C@@]3(C)C[C@@H]23)c2c(C)cc(-c3cnc(CCC(=O)COCCOCCNC(=O)COCCOCCCC(=O)CC[C@H](NC(=O)CCCCCCCCCCCCCCCCC(=O)O)C(=O)O)nc3)cc12. The first-order valence-electron chi connectivity index (χ1n) is 32.7. The maximum atomic E-state index is 14.2. The zero-order valence-electron chi connectivity index (χ0n) is 54.0. The standard InChI is InChI=1S/C67H94BrN9O15/c1-45-23-27-56(68)73-64(45)74-65(86)54-38-67(4)39-55(67)77(54)60(83)42-76-63-46(2)36-48(37-52(63)62(75-76)47(3)78)49-40-70-57(71-41-49)28-25-51(80)43-91-34-33-90-31-29-69-59(82)44-92-35-32-89-30-19-20-50(79)24-26-53(66(87)88)72-58(81)21-17-15-13-11-9-7-5-6-8-10-12-14-16-18-22-61(84)85/h23,27,36-37,40-41,53-55H,5-22,24-26,28-35,38-39,42-44H2,1-4H3,(H,69,82)(H,72,81)(H,84,85)(H,87,88)(H,73,74,86)/t53-,54-,55+,67-/m0/s1. The van der Waals surface area contributed by atoms with Gasteiger partial charge in [0.05, 0.1) is 38.6 Å². The number of amides is 4. The fourth-order valence-electron chi connectivity index (χ4n) is 11.5. The van der Waals surface area contributed by atoms with Gasteiger partial charge in [-0.25, -0.2) is 19.7 Å². The van der Waals surface area contributed by atoms with Gasteiger partial charge in [-0.15, -0.1) is 0 Å². The molecule has 6 rings (SSSR count). The van der Waals surface area contributed by atoms with Gasteiger partial charge in [0, 0.05) is 88.0 Å². The minimum atomic E-state index is -1.17.